The van der Waals surface area contributed by atoms with Crippen molar-refractivity contribution in [3.8, 4) is 11.5 Å². The van der Waals surface area contributed by atoms with Crippen LogP contribution in [-0.4, -0.2) is 25.7 Å². The summed E-state index contributed by atoms with van der Waals surface area (Å²) in [6, 6.07) is 12.3. The van der Waals surface area contributed by atoms with E-state index < -0.39 is 0 Å². The molecule has 1 amide bonds. The molecule has 4 nitrogen and oxygen atoms in total. The first-order chi connectivity index (χ1) is 13.1. The van der Waals surface area contributed by atoms with Gasteiger partial charge in [-0.15, -0.1) is 0 Å². The van der Waals surface area contributed by atoms with Gasteiger partial charge in [-0.1, -0.05) is 18.2 Å². The number of amides is 1. The quantitative estimate of drug-likeness (QED) is 0.597. The number of aryl methyl sites for hydroxylation is 2. The highest BCUT2D eigenvalue weighted by molar-refractivity contribution is 5.76. The highest BCUT2D eigenvalue weighted by Crippen LogP contribution is 2.28. The van der Waals surface area contributed by atoms with E-state index in [0.717, 1.165) is 35.5 Å². The Labute approximate surface area is 160 Å². The van der Waals surface area contributed by atoms with Crippen LogP contribution in [0.2, 0.25) is 0 Å². The van der Waals surface area contributed by atoms with E-state index in [1.54, 1.807) is 12.1 Å². The number of carbonyl (C=O) groups excluding carboxylic acids is 1. The molecule has 0 aliphatic carbocycles. The van der Waals surface area contributed by atoms with Crippen LogP contribution < -0.4 is 14.8 Å². The Bertz CT molecular complexity index is 716. The van der Waals surface area contributed by atoms with Gasteiger partial charge in [-0.25, -0.2) is 4.39 Å². The van der Waals surface area contributed by atoms with E-state index in [-0.39, 0.29) is 11.7 Å². The third kappa shape index (κ3) is 7.29. The van der Waals surface area contributed by atoms with Crippen molar-refractivity contribution in [3.05, 3.63) is 59.4 Å². The van der Waals surface area contributed by atoms with Gasteiger partial charge in [0.05, 0.1) is 13.2 Å². The van der Waals surface area contributed by atoms with Gasteiger partial charge < -0.3 is 14.8 Å². The van der Waals surface area contributed by atoms with E-state index in [2.05, 4.69) is 5.32 Å². The van der Waals surface area contributed by atoms with Crippen molar-refractivity contribution in [3.63, 3.8) is 0 Å². The molecule has 0 saturated carbocycles. The number of hydrogen-bond acceptors (Lipinski definition) is 3. The number of carbonyl (C=O) groups is 1. The highest BCUT2D eigenvalue weighted by atomic mass is 19.1. The first-order valence-electron chi connectivity index (χ1n) is 9.52. The van der Waals surface area contributed by atoms with Crippen molar-refractivity contribution in [1.82, 2.24) is 5.32 Å². The lowest BCUT2D eigenvalue weighted by molar-refractivity contribution is -0.121. The van der Waals surface area contributed by atoms with Gasteiger partial charge in [0, 0.05) is 13.0 Å². The summed E-state index contributed by atoms with van der Waals surface area (Å²) in [7, 11) is 0. The summed E-state index contributed by atoms with van der Waals surface area (Å²) in [4.78, 5) is 12.0. The molecule has 27 heavy (non-hydrogen) atoms. The Balaban J connectivity index is 1.73. The standard InChI is InChI=1S/C22H28FNO3/c1-3-26-20-13-9-18(16-21(20)27-4-2)10-14-22(25)24-15-5-6-17-7-11-19(23)12-8-17/h7-9,11-13,16H,3-6,10,14-15H2,1-2H3,(H,24,25). The van der Waals surface area contributed by atoms with Crippen LogP contribution in [0.25, 0.3) is 0 Å². The normalized spacial score (nSPS) is 10.5. The van der Waals surface area contributed by atoms with Gasteiger partial charge in [-0.3, -0.25) is 4.79 Å². The zero-order valence-corrected chi connectivity index (χ0v) is 16.1. The Kier molecular flexibility index (Phi) is 8.62. The molecule has 0 radical (unpaired) electrons. The molecule has 5 heteroatoms. The number of ether oxygens (including phenoxy) is 2. The van der Waals surface area contributed by atoms with Gasteiger partial charge >= 0.3 is 0 Å². The fourth-order valence-corrected chi connectivity index (χ4v) is 2.77. The summed E-state index contributed by atoms with van der Waals surface area (Å²) in [5.74, 6) is 1.25. The van der Waals surface area contributed by atoms with Crippen molar-refractivity contribution in [2.75, 3.05) is 19.8 Å². The second-order valence-electron chi connectivity index (χ2n) is 6.23. The molecule has 2 aromatic rings. The average molecular weight is 373 g/mol. The van der Waals surface area contributed by atoms with Crippen molar-refractivity contribution in [2.24, 2.45) is 0 Å². The van der Waals surface area contributed by atoms with Crippen LogP contribution in [0.4, 0.5) is 4.39 Å². The van der Waals surface area contributed by atoms with E-state index in [9.17, 15) is 9.18 Å². The smallest absolute Gasteiger partial charge is 0.220 e. The maximum atomic E-state index is 12.9. The molecule has 146 valence electrons. The largest absolute Gasteiger partial charge is 0.490 e. The molecule has 2 aromatic carbocycles. The number of halogens is 1. The Hall–Kier alpha value is -2.56. The summed E-state index contributed by atoms with van der Waals surface area (Å²) in [6.07, 6.45) is 2.72. The summed E-state index contributed by atoms with van der Waals surface area (Å²) in [5, 5.41) is 2.94. The monoisotopic (exact) mass is 373 g/mol. The maximum absolute atomic E-state index is 12.9. The van der Waals surface area contributed by atoms with E-state index in [1.807, 2.05) is 32.0 Å². The lowest BCUT2D eigenvalue weighted by atomic mass is 10.1. The number of rotatable bonds is 11. The van der Waals surface area contributed by atoms with Crippen LogP contribution in [0, 0.1) is 5.82 Å². The maximum Gasteiger partial charge on any atom is 0.220 e. The molecule has 0 heterocycles. The van der Waals surface area contributed by atoms with E-state index in [0.29, 0.717) is 32.6 Å². The molecular formula is C22H28FNO3. The molecule has 0 aliphatic rings. The molecule has 0 unspecified atom stereocenters. The zero-order valence-electron chi connectivity index (χ0n) is 16.1. The summed E-state index contributed by atoms with van der Waals surface area (Å²) >= 11 is 0. The van der Waals surface area contributed by atoms with Crippen molar-refractivity contribution in [2.45, 2.75) is 39.5 Å². The van der Waals surface area contributed by atoms with Crippen LogP contribution >= 0.6 is 0 Å². The van der Waals surface area contributed by atoms with Gasteiger partial charge in [0.1, 0.15) is 5.82 Å². The van der Waals surface area contributed by atoms with Gasteiger partial charge in [0.2, 0.25) is 5.91 Å². The molecule has 0 fully saturated rings. The number of benzene rings is 2. The Morgan fingerprint density at radius 1 is 0.926 bits per heavy atom. The molecule has 0 aromatic heterocycles. The fraction of sp³-hybridized carbons (Fsp3) is 0.409. The third-order valence-electron chi connectivity index (χ3n) is 4.13. The minimum atomic E-state index is -0.228. The van der Waals surface area contributed by atoms with Crippen molar-refractivity contribution >= 4 is 5.91 Å². The molecule has 2 rings (SSSR count). The van der Waals surface area contributed by atoms with E-state index >= 15 is 0 Å². The van der Waals surface area contributed by atoms with Crippen LogP contribution in [-0.2, 0) is 17.6 Å². The van der Waals surface area contributed by atoms with Gasteiger partial charge in [-0.2, -0.15) is 0 Å². The predicted molar refractivity (Wildman–Crippen MR) is 105 cm³/mol. The minimum Gasteiger partial charge on any atom is -0.490 e. The molecule has 0 saturated heterocycles. The molecular weight excluding hydrogens is 345 g/mol. The van der Waals surface area contributed by atoms with Crippen LogP contribution in [0.3, 0.4) is 0 Å². The van der Waals surface area contributed by atoms with E-state index in [4.69, 9.17) is 9.47 Å². The lowest BCUT2D eigenvalue weighted by Gasteiger charge is -2.12. The SMILES string of the molecule is CCOc1ccc(CCC(=O)NCCCc2ccc(F)cc2)cc1OCC. The summed E-state index contributed by atoms with van der Waals surface area (Å²) in [6.45, 7) is 5.63. The van der Waals surface area contributed by atoms with Crippen molar-refractivity contribution in [1.29, 1.82) is 0 Å². The minimum absolute atomic E-state index is 0.0287. The molecule has 0 spiro atoms. The molecule has 0 aliphatic heterocycles. The summed E-state index contributed by atoms with van der Waals surface area (Å²) < 4.78 is 24.0. The van der Waals surface area contributed by atoms with E-state index in [1.165, 1.54) is 12.1 Å². The van der Waals surface area contributed by atoms with Gasteiger partial charge in [0.25, 0.3) is 0 Å². The van der Waals surface area contributed by atoms with Gasteiger partial charge in [0.15, 0.2) is 11.5 Å². The topological polar surface area (TPSA) is 47.6 Å². The molecule has 0 atom stereocenters. The molecule has 0 bridgehead atoms. The third-order valence-corrected chi connectivity index (χ3v) is 4.13. The van der Waals surface area contributed by atoms with Crippen LogP contribution in [0.15, 0.2) is 42.5 Å². The second-order valence-corrected chi connectivity index (χ2v) is 6.23. The van der Waals surface area contributed by atoms with Crippen molar-refractivity contribution < 1.29 is 18.7 Å². The van der Waals surface area contributed by atoms with Gasteiger partial charge in [-0.05, 0) is 68.5 Å². The first kappa shape index (κ1) is 20.7. The predicted octanol–water partition coefficient (Wildman–Crippen LogP) is 4.30. The second kappa shape index (κ2) is 11.2. The lowest BCUT2D eigenvalue weighted by Crippen LogP contribution is -2.25. The average Bonchev–Trinajstić information content (AvgIpc) is 2.67. The summed E-state index contributed by atoms with van der Waals surface area (Å²) in [5.41, 5.74) is 2.12. The van der Waals surface area contributed by atoms with Crippen LogP contribution in [0.1, 0.15) is 37.8 Å². The Morgan fingerprint density at radius 3 is 2.30 bits per heavy atom. The van der Waals surface area contributed by atoms with Crippen LogP contribution in [0.5, 0.6) is 11.5 Å². The fourth-order valence-electron chi connectivity index (χ4n) is 2.77. The number of nitrogens with one attached hydrogen (secondary N) is 1. The molecule has 1 N–H and O–H groups in total. The first-order valence-corrected chi connectivity index (χ1v) is 9.52. The zero-order chi connectivity index (χ0) is 19.5. The number of hydrogen-bond donors (Lipinski definition) is 1. The highest BCUT2D eigenvalue weighted by Gasteiger charge is 2.08. The Morgan fingerprint density at radius 2 is 1.59 bits per heavy atom.